The Kier molecular flexibility index (Phi) is 5.20. The van der Waals surface area contributed by atoms with E-state index in [0.717, 1.165) is 15.6 Å². The van der Waals surface area contributed by atoms with Gasteiger partial charge in [-0.2, -0.15) is 0 Å². The molecule has 0 bridgehead atoms. The van der Waals surface area contributed by atoms with Gasteiger partial charge in [0.1, 0.15) is 0 Å². The second-order valence-electron chi connectivity index (χ2n) is 5.95. The fraction of sp³-hybridized carbons (Fsp3) is 0.158. The van der Waals surface area contributed by atoms with Crippen molar-refractivity contribution in [2.75, 3.05) is 0 Å². The van der Waals surface area contributed by atoms with E-state index in [4.69, 9.17) is 16.6 Å². The first-order chi connectivity index (χ1) is 13.1. The predicted molar refractivity (Wildman–Crippen MR) is 111 cm³/mol. The monoisotopic (exact) mass is 412 g/mol. The van der Waals surface area contributed by atoms with Crippen LogP contribution in [-0.4, -0.2) is 20.0 Å². The summed E-state index contributed by atoms with van der Waals surface area (Å²) < 4.78 is 9.22. The smallest absolute Gasteiger partial charge is 0.247 e. The summed E-state index contributed by atoms with van der Waals surface area (Å²) in [6.45, 7) is 4.07. The number of hydrogen-bond acceptors (Lipinski definition) is 7. The molecule has 0 amide bonds. The maximum atomic E-state index is 5.87. The Morgan fingerprint density at radius 2 is 1.81 bits per heavy atom. The van der Waals surface area contributed by atoms with Crippen molar-refractivity contribution in [3.05, 3.63) is 70.0 Å². The van der Waals surface area contributed by atoms with Crippen LogP contribution in [0.4, 0.5) is 0 Å². The van der Waals surface area contributed by atoms with Crippen LogP contribution in [0.15, 0.2) is 63.4 Å². The Balaban J connectivity index is 1.52. The Hall–Kier alpha value is -2.29. The molecule has 0 radical (unpaired) electrons. The molecule has 0 saturated heterocycles. The van der Waals surface area contributed by atoms with E-state index in [9.17, 15) is 0 Å². The minimum Gasteiger partial charge on any atom is -0.419 e. The van der Waals surface area contributed by atoms with Crippen LogP contribution in [0.3, 0.4) is 0 Å². The van der Waals surface area contributed by atoms with Crippen LogP contribution in [-0.2, 0) is 0 Å². The Bertz CT molecular complexity index is 1100. The summed E-state index contributed by atoms with van der Waals surface area (Å²) in [4.78, 5) is 0. The molecule has 0 aliphatic carbocycles. The first-order valence-electron chi connectivity index (χ1n) is 8.33. The van der Waals surface area contributed by atoms with Crippen molar-refractivity contribution in [2.24, 2.45) is 0 Å². The minimum atomic E-state index is -0.0264. The van der Waals surface area contributed by atoms with Crippen molar-refractivity contribution < 1.29 is 4.42 Å². The molecule has 2 heterocycles. The van der Waals surface area contributed by atoms with Gasteiger partial charge in [-0.05, 0) is 50.3 Å². The standard InChI is InChI=1S/C19H16N4OS3/c1-12-8-10-14(11-9-12)17-21-20-16(24-17)13(2)26-18-22-23(19(25)27-18)15-6-4-3-5-7-15/h3-11,13H,1-2H3/t13-/m1/s1. The van der Waals surface area contributed by atoms with Gasteiger partial charge in [0.25, 0.3) is 0 Å². The SMILES string of the molecule is Cc1ccc(-c2nnc([C@@H](C)Sc3nn(-c4ccccc4)c(=S)s3)o2)cc1. The molecule has 136 valence electrons. The number of benzene rings is 2. The number of thioether (sulfide) groups is 1. The van der Waals surface area contributed by atoms with Gasteiger partial charge in [0.15, 0.2) is 8.29 Å². The molecule has 4 rings (SSSR count). The van der Waals surface area contributed by atoms with E-state index < -0.39 is 0 Å². The third-order valence-electron chi connectivity index (χ3n) is 3.89. The van der Waals surface area contributed by atoms with Crippen LogP contribution in [0.5, 0.6) is 0 Å². The zero-order valence-corrected chi connectivity index (χ0v) is 17.1. The lowest BCUT2D eigenvalue weighted by molar-refractivity contribution is 0.509. The predicted octanol–water partition coefficient (Wildman–Crippen LogP) is 5.88. The highest BCUT2D eigenvalue weighted by atomic mass is 32.2. The molecule has 8 heteroatoms. The number of aryl methyl sites for hydroxylation is 1. The van der Waals surface area contributed by atoms with Gasteiger partial charge in [-0.3, -0.25) is 0 Å². The van der Waals surface area contributed by atoms with Crippen molar-refractivity contribution >= 4 is 35.3 Å². The molecule has 1 atom stereocenters. The molecule has 0 N–H and O–H groups in total. The summed E-state index contributed by atoms with van der Waals surface area (Å²) in [6, 6.07) is 17.9. The van der Waals surface area contributed by atoms with E-state index in [1.54, 1.807) is 16.4 Å². The lowest BCUT2D eigenvalue weighted by atomic mass is 10.1. The van der Waals surface area contributed by atoms with E-state index >= 15 is 0 Å². The third kappa shape index (κ3) is 4.02. The summed E-state index contributed by atoms with van der Waals surface area (Å²) in [5, 5.41) is 13.0. The molecule has 0 saturated carbocycles. The number of aromatic nitrogens is 4. The van der Waals surface area contributed by atoms with Gasteiger partial charge in [-0.1, -0.05) is 59.0 Å². The summed E-state index contributed by atoms with van der Waals surface area (Å²) in [6.07, 6.45) is 0. The van der Waals surface area contributed by atoms with Gasteiger partial charge in [0.05, 0.1) is 10.9 Å². The van der Waals surface area contributed by atoms with Gasteiger partial charge in [0, 0.05) is 5.56 Å². The van der Waals surface area contributed by atoms with E-state index in [-0.39, 0.29) is 5.25 Å². The Labute approximate surface area is 170 Å². The topological polar surface area (TPSA) is 56.7 Å². The average molecular weight is 413 g/mol. The molecule has 4 aromatic rings. The largest absolute Gasteiger partial charge is 0.419 e. The molecule has 0 unspecified atom stereocenters. The normalized spacial score (nSPS) is 12.2. The lowest BCUT2D eigenvalue weighted by Gasteiger charge is -2.03. The van der Waals surface area contributed by atoms with E-state index in [1.807, 2.05) is 68.4 Å². The van der Waals surface area contributed by atoms with Gasteiger partial charge >= 0.3 is 0 Å². The number of hydrogen-bond donors (Lipinski definition) is 0. The molecule has 0 spiro atoms. The lowest BCUT2D eigenvalue weighted by Crippen LogP contribution is -1.96. The van der Waals surface area contributed by atoms with Crippen LogP contribution < -0.4 is 0 Å². The average Bonchev–Trinajstić information content (AvgIpc) is 3.30. The van der Waals surface area contributed by atoms with E-state index in [0.29, 0.717) is 15.7 Å². The molecule has 27 heavy (non-hydrogen) atoms. The maximum absolute atomic E-state index is 5.87. The van der Waals surface area contributed by atoms with Gasteiger partial charge in [0.2, 0.25) is 11.8 Å². The maximum Gasteiger partial charge on any atom is 0.247 e. The van der Waals surface area contributed by atoms with E-state index in [1.165, 1.54) is 16.9 Å². The van der Waals surface area contributed by atoms with Gasteiger partial charge in [-0.25, -0.2) is 4.68 Å². The second kappa shape index (κ2) is 7.75. The molecule has 5 nitrogen and oxygen atoms in total. The fourth-order valence-corrected chi connectivity index (χ4v) is 4.99. The molecular weight excluding hydrogens is 396 g/mol. The summed E-state index contributed by atoms with van der Waals surface area (Å²) in [5.41, 5.74) is 3.07. The van der Waals surface area contributed by atoms with Crippen LogP contribution in [0.2, 0.25) is 0 Å². The Morgan fingerprint density at radius 3 is 2.56 bits per heavy atom. The third-order valence-corrected chi connectivity index (χ3v) is 6.30. The van der Waals surface area contributed by atoms with Gasteiger partial charge < -0.3 is 4.42 Å². The first kappa shape index (κ1) is 18.1. The number of para-hydroxylation sites is 1. The zero-order chi connectivity index (χ0) is 18.8. The van der Waals surface area contributed by atoms with Crippen LogP contribution in [0.25, 0.3) is 17.1 Å². The molecule has 0 aliphatic heterocycles. The molecule has 0 fully saturated rings. The van der Waals surface area contributed by atoms with Crippen LogP contribution in [0.1, 0.15) is 23.6 Å². The second-order valence-corrected chi connectivity index (χ2v) is 9.16. The Morgan fingerprint density at radius 1 is 1.07 bits per heavy atom. The highest BCUT2D eigenvalue weighted by Crippen LogP contribution is 2.36. The van der Waals surface area contributed by atoms with Crippen molar-refractivity contribution in [1.29, 1.82) is 0 Å². The highest BCUT2D eigenvalue weighted by Gasteiger charge is 2.18. The molecule has 2 aromatic heterocycles. The van der Waals surface area contributed by atoms with Crippen LogP contribution in [0, 0.1) is 10.9 Å². The minimum absolute atomic E-state index is 0.0264. The number of nitrogens with zero attached hydrogens (tertiary/aromatic N) is 4. The molecule has 0 aliphatic rings. The fourth-order valence-electron chi connectivity index (χ4n) is 2.45. The van der Waals surface area contributed by atoms with Crippen molar-refractivity contribution in [1.82, 2.24) is 20.0 Å². The van der Waals surface area contributed by atoms with Crippen molar-refractivity contribution in [3.63, 3.8) is 0 Å². The van der Waals surface area contributed by atoms with E-state index in [2.05, 4.69) is 15.3 Å². The van der Waals surface area contributed by atoms with Crippen LogP contribution >= 0.6 is 35.3 Å². The highest BCUT2D eigenvalue weighted by molar-refractivity contribution is 8.01. The first-order valence-corrected chi connectivity index (χ1v) is 10.4. The summed E-state index contributed by atoms with van der Waals surface area (Å²) in [7, 11) is 0. The zero-order valence-electron chi connectivity index (χ0n) is 14.7. The quantitative estimate of drug-likeness (QED) is 0.302. The van der Waals surface area contributed by atoms with Gasteiger partial charge in [-0.15, -0.1) is 15.3 Å². The van der Waals surface area contributed by atoms with Crippen molar-refractivity contribution in [2.45, 2.75) is 23.4 Å². The number of rotatable bonds is 5. The summed E-state index contributed by atoms with van der Waals surface area (Å²) >= 11 is 8.49. The molecule has 2 aromatic carbocycles. The van der Waals surface area contributed by atoms with Crippen molar-refractivity contribution in [3.8, 4) is 17.1 Å². The summed E-state index contributed by atoms with van der Waals surface area (Å²) in [5.74, 6) is 1.10. The molecular formula is C19H16N4OS3.